The third-order valence-electron chi connectivity index (χ3n) is 2.99. The number of carbonyl (C=O) groups excluding carboxylic acids is 1. The van der Waals surface area contributed by atoms with E-state index in [4.69, 9.17) is 0 Å². The zero-order chi connectivity index (χ0) is 13.8. The number of aryl methyl sites for hydroxylation is 2. The van der Waals surface area contributed by atoms with Crippen molar-refractivity contribution in [3.05, 3.63) is 64.7 Å². The van der Waals surface area contributed by atoms with Crippen LogP contribution in [0, 0.1) is 13.8 Å². The van der Waals surface area contributed by atoms with Gasteiger partial charge in [-0.2, -0.15) is 0 Å². The second-order valence-electron chi connectivity index (χ2n) is 5.06. The van der Waals surface area contributed by atoms with Gasteiger partial charge in [0.05, 0.1) is 0 Å². The maximum absolute atomic E-state index is 12.0. The number of Topliss-reactive ketones (excluding diaryl/α,β-unsaturated/α-hetero) is 1. The summed E-state index contributed by atoms with van der Waals surface area (Å²) in [6, 6.07) is 13.1. The van der Waals surface area contributed by atoms with Crippen LogP contribution in [0.15, 0.2) is 42.5 Å². The maximum Gasteiger partial charge on any atom is 0.141 e. The molecule has 0 spiro atoms. The number of carbonyl (C=O) groups is 1. The first-order valence-corrected chi connectivity index (χ1v) is 6.40. The van der Waals surface area contributed by atoms with E-state index in [1.165, 1.54) is 11.1 Å². The molecular weight excluding hydrogens is 236 g/mol. The summed E-state index contributed by atoms with van der Waals surface area (Å²) in [7, 11) is 0. The van der Waals surface area contributed by atoms with Gasteiger partial charge in [0.2, 0.25) is 0 Å². The molecular formula is C17H18O2. The Morgan fingerprint density at radius 1 is 0.947 bits per heavy atom. The van der Waals surface area contributed by atoms with Crippen molar-refractivity contribution in [1.82, 2.24) is 0 Å². The quantitative estimate of drug-likeness (QED) is 0.908. The lowest BCUT2D eigenvalue weighted by Gasteiger charge is -2.05. The zero-order valence-electron chi connectivity index (χ0n) is 11.3. The van der Waals surface area contributed by atoms with Crippen molar-refractivity contribution >= 4 is 5.78 Å². The van der Waals surface area contributed by atoms with Crippen molar-refractivity contribution in [1.29, 1.82) is 0 Å². The van der Waals surface area contributed by atoms with Crippen LogP contribution in [0.2, 0.25) is 0 Å². The van der Waals surface area contributed by atoms with E-state index in [2.05, 4.69) is 6.07 Å². The summed E-state index contributed by atoms with van der Waals surface area (Å²) in [5, 5.41) is 9.38. The van der Waals surface area contributed by atoms with Gasteiger partial charge in [0.15, 0.2) is 0 Å². The number of phenolic OH excluding ortho intramolecular Hbond substituents is 1. The Labute approximate surface area is 113 Å². The minimum atomic E-state index is 0.163. The van der Waals surface area contributed by atoms with E-state index in [0.29, 0.717) is 12.8 Å². The molecule has 2 heteroatoms. The topological polar surface area (TPSA) is 37.3 Å². The van der Waals surface area contributed by atoms with Crippen LogP contribution in [-0.2, 0) is 17.6 Å². The van der Waals surface area contributed by atoms with Gasteiger partial charge in [-0.15, -0.1) is 0 Å². The van der Waals surface area contributed by atoms with Crippen molar-refractivity contribution in [3.8, 4) is 5.75 Å². The lowest BCUT2D eigenvalue weighted by molar-refractivity contribution is -0.117. The Bertz CT molecular complexity index is 580. The predicted molar refractivity (Wildman–Crippen MR) is 76.4 cm³/mol. The molecule has 0 aliphatic rings. The number of aromatic hydroxyl groups is 1. The first kappa shape index (κ1) is 13.3. The fourth-order valence-corrected chi connectivity index (χ4v) is 2.36. The van der Waals surface area contributed by atoms with Gasteiger partial charge in [-0.1, -0.05) is 41.5 Å². The molecule has 0 saturated carbocycles. The zero-order valence-corrected chi connectivity index (χ0v) is 11.3. The van der Waals surface area contributed by atoms with Crippen LogP contribution in [0.1, 0.15) is 22.3 Å². The number of rotatable bonds is 4. The molecule has 1 N–H and O–H groups in total. The molecule has 0 saturated heterocycles. The molecule has 2 rings (SSSR count). The summed E-state index contributed by atoms with van der Waals surface area (Å²) in [5.41, 5.74) is 4.28. The van der Waals surface area contributed by atoms with Crippen LogP contribution in [-0.4, -0.2) is 10.9 Å². The lowest BCUT2D eigenvalue weighted by Crippen LogP contribution is -2.06. The second-order valence-corrected chi connectivity index (χ2v) is 5.06. The lowest BCUT2D eigenvalue weighted by atomic mass is 10.00. The van der Waals surface area contributed by atoms with E-state index < -0.39 is 0 Å². The Hall–Kier alpha value is -2.09. The molecule has 0 aliphatic carbocycles. The number of benzene rings is 2. The molecule has 0 aromatic heterocycles. The molecule has 0 aliphatic heterocycles. The SMILES string of the molecule is Cc1cc(C)cc(CC(=O)Cc2cccc(O)c2)c1. The van der Waals surface area contributed by atoms with Crippen molar-refractivity contribution < 1.29 is 9.90 Å². The minimum absolute atomic E-state index is 0.163. The van der Waals surface area contributed by atoms with Crippen molar-refractivity contribution in [2.24, 2.45) is 0 Å². The average Bonchev–Trinajstić information content (AvgIpc) is 2.26. The van der Waals surface area contributed by atoms with Gasteiger partial charge in [0, 0.05) is 12.8 Å². The summed E-state index contributed by atoms with van der Waals surface area (Å²) in [6.45, 7) is 4.08. The third kappa shape index (κ3) is 3.95. The summed E-state index contributed by atoms with van der Waals surface area (Å²) in [5.74, 6) is 0.368. The summed E-state index contributed by atoms with van der Waals surface area (Å²) in [6.07, 6.45) is 0.805. The van der Waals surface area contributed by atoms with Gasteiger partial charge >= 0.3 is 0 Å². The van der Waals surface area contributed by atoms with Gasteiger partial charge in [-0.25, -0.2) is 0 Å². The average molecular weight is 254 g/mol. The van der Waals surface area contributed by atoms with Gasteiger partial charge in [-0.3, -0.25) is 4.79 Å². The first-order valence-electron chi connectivity index (χ1n) is 6.40. The molecule has 0 heterocycles. The summed E-state index contributed by atoms with van der Waals surface area (Å²) >= 11 is 0. The normalized spacial score (nSPS) is 10.4. The van der Waals surface area contributed by atoms with Crippen LogP contribution in [0.5, 0.6) is 5.75 Å². The maximum atomic E-state index is 12.0. The van der Waals surface area contributed by atoms with Crippen LogP contribution in [0.25, 0.3) is 0 Å². The van der Waals surface area contributed by atoms with E-state index in [-0.39, 0.29) is 11.5 Å². The van der Waals surface area contributed by atoms with Crippen LogP contribution in [0.3, 0.4) is 0 Å². The highest BCUT2D eigenvalue weighted by Gasteiger charge is 2.06. The van der Waals surface area contributed by atoms with Crippen LogP contribution < -0.4 is 0 Å². The Kier molecular flexibility index (Phi) is 4.00. The minimum Gasteiger partial charge on any atom is -0.508 e. The van der Waals surface area contributed by atoms with Gasteiger partial charge < -0.3 is 5.11 Å². The molecule has 19 heavy (non-hydrogen) atoms. The molecule has 0 bridgehead atoms. The monoisotopic (exact) mass is 254 g/mol. The second kappa shape index (κ2) is 5.70. The van der Waals surface area contributed by atoms with Gasteiger partial charge in [-0.05, 0) is 37.1 Å². The largest absolute Gasteiger partial charge is 0.508 e. The van der Waals surface area contributed by atoms with E-state index in [9.17, 15) is 9.90 Å². The Morgan fingerprint density at radius 3 is 2.21 bits per heavy atom. The highest BCUT2D eigenvalue weighted by molar-refractivity contribution is 5.83. The van der Waals surface area contributed by atoms with E-state index >= 15 is 0 Å². The fourth-order valence-electron chi connectivity index (χ4n) is 2.36. The molecule has 0 radical (unpaired) electrons. The molecule has 0 fully saturated rings. The molecule has 0 unspecified atom stereocenters. The van der Waals surface area contributed by atoms with E-state index in [0.717, 1.165) is 11.1 Å². The van der Waals surface area contributed by atoms with E-state index in [1.54, 1.807) is 18.2 Å². The molecule has 0 amide bonds. The van der Waals surface area contributed by atoms with Crippen molar-refractivity contribution in [2.45, 2.75) is 26.7 Å². The summed E-state index contributed by atoms with van der Waals surface area (Å²) < 4.78 is 0. The molecule has 98 valence electrons. The van der Waals surface area contributed by atoms with Gasteiger partial charge in [0.1, 0.15) is 11.5 Å². The van der Waals surface area contributed by atoms with Crippen LogP contribution in [0.4, 0.5) is 0 Å². The Morgan fingerprint density at radius 2 is 1.58 bits per heavy atom. The molecule has 2 aromatic rings. The number of phenols is 1. The molecule has 2 nitrogen and oxygen atoms in total. The smallest absolute Gasteiger partial charge is 0.141 e. The highest BCUT2D eigenvalue weighted by atomic mass is 16.3. The summed E-state index contributed by atoms with van der Waals surface area (Å²) in [4.78, 5) is 12.0. The first-order chi connectivity index (χ1) is 9.02. The number of ketones is 1. The van der Waals surface area contributed by atoms with Crippen LogP contribution >= 0.6 is 0 Å². The standard InChI is InChI=1S/C17H18O2/c1-12-6-13(2)8-15(7-12)11-17(19)10-14-4-3-5-16(18)9-14/h3-9,18H,10-11H2,1-2H3. The van der Waals surface area contributed by atoms with Crippen molar-refractivity contribution in [3.63, 3.8) is 0 Å². The Balaban J connectivity index is 2.05. The predicted octanol–water partition coefficient (Wildman–Crippen LogP) is 3.36. The highest BCUT2D eigenvalue weighted by Crippen LogP contribution is 2.14. The molecule has 0 atom stereocenters. The fraction of sp³-hybridized carbons (Fsp3) is 0.235. The third-order valence-corrected chi connectivity index (χ3v) is 2.99. The number of hydrogen-bond acceptors (Lipinski definition) is 2. The van der Waals surface area contributed by atoms with Gasteiger partial charge in [0.25, 0.3) is 0 Å². The van der Waals surface area contributed by atoms with Crippen molar-refractivity contribution in [2.75, 3.05) is 0 Å². The van der Waals surface area contributed by atoms with E-state index in [1.807, 2.05) is 32.0 Å². The number of hydrogen-bond donors (Lipinski definition) is 1. The molecule has 2 aromatic carbocycles.